The number of hydrogen-bond acceptors (Lipinski definition) is 8. The first kappa shape index (κ1) is 21.0. The molecule has 9 heteroatoms. The number of para-hydroxylation sites is 1. The van der Waals surface area contributed by atoms with Crippen LogP contribution in [0.5, 0.6) is 0 Å². The molecule has 154 valence electrons. The first-order valence-electron chi connectivity index (χ1n) is 9.64. The third kappa shape index (κ3) is 4.56. The number of aromatic nitrogens is 2. The highest BCUT2D eigenvalue weighted by atomic mass is 32.2. The van der Waals surface area contributed by atoms with Crippen molar-refractivity contribution in [3.63, 3.8) is 0 Å². The molecule has 1 aromatic carbocycles. The Kier molecular flexibility index (Phi) is 6.46. The number of nitrogen functional groups attached to an aromatic ring is 1. The van der Waals surface area contributed by atoms with Crippen LogP contribution in [0.25, 0.3) is 10.2 Å². The summed E-state index contributed by atoms with van der Waals surface area (Å²) in [5.74, 6) is 1.56. The zero-order valence-electron chi connectivity index (χ0n) is 16.5. The van der Waals surface area contributed by atoms with Crippen LogP contribution in [0.15, 0.2) is 34.3 Å². The molecule has 1 atom stereocenters. The summed E-state index contributed by atoms with van der Waals surface area (Å²) in [5, 5.41) is 13.2. The molecule has 6 nitrogen and oxygen atoms in total. The van der Waals surface area contributed by atoms with Gasteiger partial charge in [0.05, 0.1) is 28.6 Å². The molecule has 4 rings (SSSR count). The van der Waals surface area contributed by atoms with Crippen LogP contribution in [0.1, 0.15) is 23.8 Å². The van der Waals surface area contributed by atoms with Gasteiger partial charge in [0.1, 0.15) is 10.6 Å². The van der Waals surface area contributed by atoms with Gasteiger partial charge in [-0.2, -0.15) is 5.26 Å². The second-order valence-corrected chi connectivity index (χ2v) is 10.2. The number of nitrogens with one attached hydrogen (secondary N) is 1. The van der Waals surface area contributed by atoms with Gasteiger partial charge in [-0.3, -0.25) is 4.79 Å². The minimum absolute atomic E-state index is 0.147. The minimum Gasteiger partial charge on any atom is -0.383 e. The molecule has 2 aromatic heterocycles. The van der Waals surface area contributed by atoms with Crippen LogP contribution in [0.2, 0.25) is 0 Å². The highest BCUT2D eigenvalue weighted by Gasteiger charge is 2.23. The van der Waals surface area contributed by atoms with Crippen molar-refractivity contribution in [1.29, 1.82) is 5.26 Å². The number of carbonyl (C=O) groups excluding carboxylic acids is 1. The number of thioether (sulfide) groups is 2. The highest BCUT2D eigenvalue weighted by molar-refractivity contribution is 8.00. The predicted octanol–water partition coefficient (Wildman–Crippen LogP) is 4.74. The van der Waals surface area contributed by atoms with Crippen molar-refractivity contribution in [2.24, 2.45) is 5.92 Å². The van der Waals surface area contributed by atoms with Crippen molar-refractivity contribution in [2.75, 3.05) is 22.6 Å². The molecule has 0 saturated carbocycles. The topological polar surface area (TPSA) is 105 Å². The van der Waals surface area contributed by atoms with Gasteiger partial charge in [-0.25, -0.2) is 9.97 Å². The van der Waals surface area contributed by atoms with E-state index in [4.69, 9.17) is 11.0 Å². The summed E-state index contributed by atoms with van der Waals surface area (Å²) in [4.78, 5) is 24.8. The lowest BCUT2D eigenvalue weighted by molar-refractivity contribution is -0.113. The molecule has 1 aliphatic carbocycles. The molecule has 0 spiro atoms. The number of nitriles is 1. The number of nitrogens with two attached hydrogens (primary N) is 1. The van der Waals surface area contributed by atoms with Crippen LogP contribution in [0.4, 0.5) is 11.5 Å². The lowest BCUT2D eigenvalue weighted by atomic mass is 9.89. The van der Waals surface area contributed by atoms with Crippen molar-refractivity contribution in [3.05, 3.63) is 34.7 Å². The fourth-order valence-corrected chi connectivity index (χ4v) is 6.31. The molecule has 0 bridgehead atoms. The van der Waals surface area contributed by atoms with Gasteiger partial charge in [-0.15, -0.1) is 23.1 Å². The molecule has 1 unspecified atom stereocenters. The highest BCUT2D eigenvalue weighted by Crippen LogP contribution is 2.40. The normalized spacial score (nSPS) is 15.5. The predicted molar refractivity (Wildman–Crippen MR) is 125 cm³/mol. The van der Waals surface area contributed by atoms with Gasteiger partial charge in [0.15, 0.2) is 5.16 Å². The second-order valence-electron chi connectivity index (χ2n) is 7.20. The van der Waals surface area contributed by atoms with Gasteiger partial charge in [-0.1, -0.05) is 30.8 Å². The number of carbonyl (C=O) groups is 1. The van der Waals surface area contributed by atoms with Crippen molar-refractivity contribution >= 4 is 62.5 Å². The largest absolute Gasteiger partial charge is 0.383 e. The van der Waals surface area contributed by atoms with E-state index < -0.39 is 0 Å². The van der Waals surface area contributed by atoms with E-state index in [1.165, 1.54) is 40.4 Å². The molecule has 0 fully saturated rings. The summed E-state index contributed by atoms with van der Waals surface area (Å²) >= 11 is 4.38. The zero-order chi connectivity index (χ0) is 21.1. The Morgan fingerprint density at radius 1 is 1.37 bits per heavy atom. The molecule has 3 aromatic rings. The molecular weight excluding hydrogens is 434 g/mol. The zero-order valence-corrected chi connectivity index (χ0v) is 18.9. The van der Waals surface area contributed by atoms with Crippen LogP contribution < -0.4 is 11.1 Å². The van der Waals surface area contributed by atoms with Crippen LogP contribution in [-0.2, 0) is 17.6 Å². The summed E-state index contributed by atoms with van der Waals surface area (Å²) < 4.78 is 0. The molecule has 1 aliphatic rings. The number of rotatable bonds is 6. The number of hydrogen-bond donors (Lipinski definition) is 2. The van der Waals surface area contributed by atoms with Gasteiger partial charge in [0.25, 0.3) is 0 Å². The SMILES string of the molecule is CC1CCc2c(sc3nc(SCC(=O)Nc4ccccc4SCC#N)nc(N)c23)C1. The van der Waals surface area contributed by atoms with Crippen LogP contribution in [-0.4, -0.2) is 27.4 Å². The molecule has 2 heterocycles. The van der Waals surface area contributed by atoms with Gasteiger partial charge in [-0.05, 0) is 42.9 Å². The maximum atomic E-state index is 12.5. The lowest BCUT2D eigenvalue weighted by Gasteiger charge is -2.17. The van der Waals surface area contributed by atoms with Crippen LogP contribution in [0, 0.1) is 17.2 Å². The Morgan fingerprint density at radius 3 is 3.03 bits per heavy atom. The second kappa shape index (κ2) is 9.25. The Hall–Kier alpha value is -2.28. The first-order valence-corrected chi connectivity index (χ1v) is 12.4. The van der Waals surface area contributed by atoms with Crippen molar-refractivity contribution < 1.29 is 4.79 Å². The summed E-state index contributed by atoms with van der Waals surface area (Å²) in [6.07, 6.45) is 3.27. The molecule has 0 saturated heterocycles. The number of fused-ring (bicyclic) bond motifs is 3. The first-order chi connectivity index (χ1) is 14.5. The van der Waals surface area contributed by atoms with Gasteiger partial charge in [0.2, 0.25) is 5.91 Å². The molecule has 30 heavy (non-hydrogen) atoms. The van der Waals surface area contributed by atoms with Crippen molar-refractivity contribution in [2.45, 2.75) is 36.2 Å². The number of amides is 1. The standard InChI is InChI=1S/C21H21N5OS3/c1-12-6-7-13-16(10-12)30-20-18(13)19(23)25-21(26-20)29-11-17(27)24-14-4-2-3-5-15(14)28-9-8-22/h2-5,12H,6-7,9-11H2,1H3,(H,24,27)(H2,23,25,26). The molecular formula is C21H21N5OS3. The van der Waals surface area contributed by atoms with E-state index in [-0.39, 0.29) is 11.7 Å². The number of anilines is 2. The van der Waals surface area contributed by atoms with E-state index in [1.54, 1.807) is 11.3 Å². The van der Waals surface area contributed by atoms with E-state index >= 15 is 0 Å². The van der Waals surface area contributed by atoms with Crippen LogP contribution in [0.3, 0.4) is 0 Å². The molecule has 1 amide bonds. The van der Waals surface area contributed by atoms with E-state index in [2.05, 4.69) is 28.3 Å². The molecule has 0 aliphatic heterocycles. The Balaban J connectivity index is 1.45. The fraction of sp³-hybridized carbons (Fsp3) is 0.333. The van der Waals surface area contributed by atoms with Gasteiger partial charge < -0.3 is 11.1 Å². The van der Waals surface area contributed by atoms with E-state index in [0.717, 1.165) is 28.0 Å². The summed E-state index contributed by atoms with van der Waals surface area (Å²) in [7, 11) is 0. The molecule has 0 radical (unpaired) electrons. The summed E-state index contributed by atoms with van der Waals surface area (Å²) in [6.45, 7) is 2.28. The summed E-state index contributed by atoms with van der Waals surface area (Å²) in [6, 6.07) is 9.57. The number of benzene rings is 1. The number of thiophene rings is 1. The number of aryl methyl sites for hydroxylation is 1. The average Bonchev–Trinajstić information content (AvgIpc) is 3.09. The maximum Gasteiger partial charge on any atom is 0.234 e. The van der Waals surface area contributed by atoms with Crippen molar-refractivity contribution in [1.82, 2.24) is 9.97 Å². The van der Waals surface area contributed by atoms with E-state index in [0.29, 0.717) is 28.3 Å². The smallest absolute Gasteiger partial charge is 0.234 e. The van der Waals surface area contributed by atoms with E-state index in [1.807, 2.05) is 24.3 Å². The van der Waals surface area contributed by atoms with Gasteiger partial charge in [0, 0.05) is 9.77 Å². The third-order valence-electron chi connectivity index (χ3n) is 4.95. The Morgan fingerprint density at radius 2 is 2.20 bits per heavy atom. The Labute approximate surface area is 187 Å². The summed E-state index contributed by atoms with van der Waals surface area (Å²) in [5.41, 5.74) is 8.29. The Bertz CT molecular complexity index is 1140. The lowest BCUT2D eigenvalue weighted by Crippen LogP contribution is -2.15. The van der Waals surface area contributed by atoms with Crippen molar-refractivity contribution in [3.8, 4) is 6.07 Å². The number of nitrogens with zero attached hydrogens (tertiary/aromatic N) is 3. The quantitative estimate of drug-likeness (QED) is 0.408. The minimum atomic E-state index is -0.147. The fourth-order valence-electron chi connectivity index (χ4n) is 3.54. The average molecular weight is 456 g/mol. The van der Waals surface area contributed by atoms with Crippen LogP contribution >= 0.6 is 34.9 Å². The van der Waals surface area contributed by atoms with E-state index in [9.17, 15) is 4.79 Å². The third-order valence-corrected chi connectivity index (χ3v) is 7.88. The molecule has 3 N–H and O–H groups in total. The van der Waals surface area contributed by atoms with Gasteiger partial charge >= 0.3 is 0 Å². The monoisotopic (exact) mass is 455 g/mol. The maximum absolute atomic E-state index is 12.5.